The summed E-state index contributed by atoms with van der Waals surface area (Å²) in [7, 11) is 1.77. The van der Waals surface area contributed by atoms with Gasteiger partial charge in [0.15, 0.2) is 0 Å². The normalized spacial score (nSPS) is 18.5. The molecule has 136 valence electrons. The van der Waals surface area contributed by atoms with Crippen LogP contribution in [0.1, 0.15) is 46.4 Å². The monoisotopic (exact) mass is 370 g/mol. The largest absolute Gasteiger partial charge is 0.331 e. The molecule has 2 aromatic rings. The van der Waals surface area contributed by atoms with Crippen molar-refractivity contribution in [1.82, 2.24) is 15.2 Å². The minimum atomic E-state index is -0.306. The van der Waals surface area contributed by atoms with Gasteiger partial charge >= 0.3 is 6.03 Å². The summed E-state index contributed by atoms with van der Waals surface area (Å²) in [4.78, 5) is 32.3. The number of carbonyl (C=O) groups is 2. The van der Waals surface area contributed by atoms with Gasteiger partial charge in [-0.2, -0.15) is 0 Å². The number of hydrogen-bond acceptors (Lipinski definition) is 4. The maximum absolute atomic E-state index is 12.6. The molecular formula is C19H22N4O2S. The quantitative estimate of drug-likeness (QED) is 0.871. The molecule has 0 bridgehead atoms. The highest BCUT2D eigenvalue weighted by Crippen LogP contribution is 2.30. The van der Waals surface area contributed by atoms with E-state index in [1.807, 2.05) is 24.3 Å². The molecule has 0 radical (unpaired) electrons. The van der Waals surface area contributed by atoms with Gasteiger partial charge in [0.05, 0.1) is 24.7 Å². The van der Waals surface area contributed by atoms with Crippen LogP contribution in [0.5, 0.6) is 0 Å². The van der Waals surface area contributed by atoms with Crippen molar-refractivity contribution in [1.29, 1.82) is 0 Å². The molecule has 26 heavy (non-hydrogen) atoms. The Morgan fingerprint density at radius 2 is 2.15 bits per heavy atom. The lowest BCUT2D eigenvalue weighted by atomic mass is 9.97. The predicted octanol–water partition coefficient (Wildman–Crippen LogP) is 3.25. The zero-order valence-electron chi connectivity index (χ0n) is 14.7. The van der Waals surface area contributed by atoms with E-state index in [0.717, 1.165) is 29.1 Å². The van der Waals surface area contributed by atoms with Gasteiger partial charge in [-0.1, -0.05) is 18.2 Å². The van der Waals surface area contributed by atoms with Gasteiger partial charge in [0, 0.05) is 17.6 Å². The van der Waals surface area contributed by atoms with Gasteiger partial charge in [-0.15, -0.1) is 11.3 Å². The van der Waals surface area contributed by atoms with Crippen LogP contribution < -0.4 is 10.6 Å². The summed E-state index contributed by atoms with van der Waals surface area (Å²) < 4.78 is 0. The summed E-state index contributed by atoms with van der Waals surface area (Å²) in [6.07, 6.45) is 4.85. The van der Waals surface area contributed by atoms with E-state index in [1.54, 1.807) is 23.3 Å². The molecule has 0 fully saturated rings. The Labute approximate surface area is 156 Å². The van der Waals surface area contributed by atoms with Crippen LogP contribution >= 0.6 is 11.3 Å². The molecule has 1 aromatic carbocycles. The fourth-order valence-corrected chi connectivity index (χ4v) is 4.76. The van der Waals surface area contributed by atoms with Gasteiger partial charge in [0.2, 0.25) is 5.91 Å². The predicted molar refractivity (Wildman–Crippen MR) is 101 cm³/mol. The molecule has 0 spiro atoms. The van der Waals surface area contributed by atoms with Crippen LogP contribution in [-0.2, 0) is 24.2 Å². The third-order valence-electron chi connectivity index (χ3n) is 4.91. The van der Waals surface area contributed by atoms with Crippen molar-refractivity contribution in [3.63, 3.8) is 0 Å². The Morgan fingerprint density at radius 3 is 3.00 bits per heavy atom. The fraction of sp³-hybridized carbons (Fsp3) is 0.421. The molecule has 7 heteroatoms. The molecule has 2 N–H and O–H groups in total. The number of carbonyl (C=O) groups excluding carboxylic acids is 2. The standard InChI is InChI=1S/C19H22N4O2S/c1-23(11-18-21-14-8-4-5-9-16(14)26-18)19(25)22-15-10-17(24)20-13-7-3-2-6-12(13)15/h2-3,6-7,15H,4-5,8-11H2,1H3,(H,20,24)(H,22,25). The van der Waals surface area contributed by atoms with Crippen molar-refractivity contribution in [3.05, 3.63) is 45.4 Å². The summed E-state index contributed by atoms with van der Waals surface area (Å²) in [6, 6.07) is 7.09. The molecule has 1 aliphatic heterocycles. The van der Waals surface area contributed by atoms with Crippen LogP contribution in [0.3, 0.4) is 0 Å². The Morgan fingerprint density at radius 1 is 1.35 bits per heavy atom. The van der Waals surface area contributed by atoms with Crippen LogP contribution in [0, 0.1) is 0 Å². The average molecular weight is 370 g/mol. The van der Waals surface area contributed by atoms with E-state index in [-0.39, 0.29) is 24.4 Å². The topological polar surface area (TPSA) is 74.3 Å². The lowest BCUT2D eigenvalue weighted by molar-refractivity contribution is -0.116. The van der Waals surface area contributed by atoms with Gasteiger partial charge in [0.25, 0.3) is 0 Å². The van der Waals surface area contributed by atoms with E-state index in [0.29, 0.717) is 6.54 Å². The summed E-state index contributed by atoms with van der Waals surface area (Å²) in [5.74, 6) is -0.0794. The van der Waals surface area contributed by atoms with Gasteiger partial charge in [-0.05, 0) is 37.3 Å². The number of urea groups is 1. The SMILES string of the molecule is CN(Cc1nc2c(s1)CCCC2)C(=O)NC1CC(=O)Nc2ccccc21. The number of anilines is 1. The van der Waals surface area contributed by atoms with Crippen LogP contribution in [0.15, 0.2) is 24.3 Å². The number of nitrogens with zero attached hydrogens (tertiary/aromatic N) is 2. The van der Waals surface area contributed by atoms with Gasteiger partial charge < -0.3 is 15.5 Å². The van der Waals surface area contributed by atoms with Crippen LogP contribution in [0.4, 0.5) is 10.5 Å². The second kappa shape index (κ2) is 7.07. The minimum absolute atomic E-state index is 0.0794. The average Bonchev–Trinajstić information content (AvgIpc) is 3.03. The van der Waals surface area contributed by atoms with Gasteiger partial charge in [0.1, 0.15) is 5.01 Å². The second-order valence-corrected chi connectivity index (χ2v) is 8.05. The number of para-hydroxylation sites is 1. The first-order chi connectivity index (χ1) is 12.6. The maximum atomic E-state index is 12.6. The summed E-state index contributed by atoms with van der Waals surface area (Å²) in [5.41, 5.74) is 2.92. The molecule has 1 atom stereocenters. The Balaban J connectivity index is 1.43. The summed E-state index contributed by atoms with van der Waals surface area (Å²) in [6.45, 7) is 0.490. The molecule has 2 heterocycles. The molecule has 1 aliphatic carbocycles. The van der Waals surface area contributed by atoms with Gasteiger partial charge in [-0.3, -0.25) is 4.79 Å². The number of aromatic nitrogens is 1. The van der Waals surface area contributed by atoms with Crippen molar-refractivity contribution in [3.8, 4) is 0 Å². The zero-order valence-corrected chi connectivity index (χ0v) is 15.6. The molecule has 3 amide bonds. The van der Waals surface area contributed by atoms with Crippen molar-refractivity contribution in [2.75, 3.05) is 12.4 Å². The van der Waals surface area contributed by atoms with E-state index < -0.39 is 0 Å². The number of thiazole rings is 1. The smallest absolute Gasteiger partial charge is 0.318 e. The first-order valence-corrected chi connectivity index (χ1v) is 9.79. The zero-order chi connectivity index (χ0) is 18.1. The number of amides is 3. The van der Waals surface area contributed by atoms with Crippen LogP contribution in [-0.4, -0.2) is 28.9 Å². The molecule has 1 unspecified atom stereocenters. The maximum Gasteiger partial charge on any atom is 0.318 e. The van der Waals surface area contributed by atoms with Crippen LogP contribution in [0.2, 0.25) is 0 Å². The van der Waals surface area contributed by atoms with Crippen LogP contribution in [0.25, 0.3) is 0 Å². The van der Waals surface area contributed by atoms with E-state index in [1.165, 1.54) is 23.4 Å². The lowest BCUT2D eigenvalue weighted by Crippen LogP contribution is -2.41. The number of hydrogen-bond donors (Lipinski definition) is 2. The van der Waals surface area contributed by atoms with Crippen molar-refractivity contribution < 1.29 is 9.59 Å². The second-order valence-electron chi connectivity index (χ2n) is 6.88. The molecule has 0 saturated carbocycles. The van der Waals surface area contributed by atoms with Crippen molar-refractivity contribution in [2.45, 2.75) is 44.7 Å². The lowest BCUT2D eigenvalue weighted by Gasteiger charge is -2.28. The Bertz CT molecular complexity index is 824. The number of nitrogens with one attached hydrogen (secondary N) is 2. The highest BCUT2D eigenvalue weighted by molar-refractivity contribution is 7.11. The molecule has 0 saturated heterocycles. The molecule has 2 aliphatic rings. The first-order valence-electron chi connectivity index (χ1n) is 8.98. The Kier molecular flexibility index (Phi) is 4.63. The number of rotatable bonds is 3. The van der Waals surface area contributed by atoms with E-state index in [4.69, 9.17) is 4.98 Å². The van der Waals surface area contributed by atoms with Crippen molar-refractivity contribution >= 4 is 29.0 Å². The minimum Gasteiger partial charge on any atom is -0.331 e. The number of fused-ring (bicyclic) bond motifs is 2. The molecular weight excluding hydrogens is 348 g/mol. The highest BCUT2D eigenvalue weighted by Gasteiger charge is 2.27. The number of aryl methyl sites for hydroxylation is 2. The molecule has 6 nitrogen and oxygen atoms in total. The summed E-state index contributed by atoms with van der Waals surface area (Å²) in [5, 5.41) is 6.82. The first kappa shape index (κ1) is 17.0. The van der Waals surface area contributed by atoms with E-state index >= 15 is 0 Å². The summed E-state index contributed by atoms with van der Waals surface area (Å²) >= 11 is 1.72. The number of benzene rings is 1. The van der Waals surface area contributed by atoms with Gasteiger partial charge in [-0.25, -0.2) is 9.78 Å². The third kappa shape index (κ3) is 3.44. The van der Waals surface area contributed by atoms with E-state index in [9.17, 15) is 9.59 Å². The van der Waals surface area contributed by atoms with E-state index in [2.05, 4.69) is 10.6 Å². The molecule has 1 aromatic heterocycles. The van der Waals surface area contributed by atoms with Crippen molar-refractivity contribution in [2.24, 2.45) is 0 Å². The fourth-order valence-electron chi connectivity index (χ4n) is 3.55. The highest BCUT2D eigenvalue weighted by atomic mass is 32.1. The Hall–Kier alpha value is -2.41. The molecule has 4 rings (SSSR count). The third-order valence-corrected chi connectivity index (χ3v) is 6.05.